The minimum Gasteiger partial charge on any atom is -0.497 e. The van der Waals surface area contributed by atoms with Crippen LogP contribution in [0.2, 0.25) is 0 Å². The summed E-state index contributed by atoms with van der Waals surface area (Å²) in [5.41, 5.74) is 3.01. The maximum atomic E-state index is 6.12. The van der Waals surface area contributed by atoms with Gasteiger partial charge in [0, 0.05) is 23.7 Å². The van der Waals surface area contributed by atoms with E-state index in [-0.39, 0.29) is 11.6 Å². The zero-order valence-corrected chi connectivity index (χ0v) is 15.9. The monoisotopic (exact) mass is 356 g/mol. The molecule has 0 spiro atoms. The Morgan fingerprint density at radius 1 is 1.20 bits per heavy atom. The fraction of sp³-hybridized carbons (Fsp3) is 0.350. The van der Waals surface area contributed by atoms with E-state index in [9.17, 15) is 0 Å². The average Bonchev–Trinajstić information content (AvgIpc) is 2.55. The minimum atomic E-state index is -0.281. The first-order valence-electron chi connectivity index (χ1n) is 8.37. The fourth-order valence-electron chi connectivity index (χ4n) is 3.05. The SMILES string of the molecule is COc1ccc2c(c1)OC(C)(C)CC2NC(=S)Nc1ccc(C)cc1. The van der Waals surface area contributed by atoms with E-state index in [2.05, 4.69) is 43.5 Å². The molecule has 0 aliphatic carbocycles. The Balaban J connectivity index is 1.77. The molecule has 4 nitrogen and oxygen atoms in total. The predicted octanol–water partition coefficient (Wildman–Crippen LogP) is 4.59. The summed E-state index contributed by atoms with van der Waals surface area (Å²) < 4.78 is 11.4. The normalized spacial score (nSPS) is 17.8. The second-order valence-corrected chi connectivity index (χ2v) is 7.39. The maximum Gasteiger partial charge on any atom is 0.171 e. The van der Waals surface area contributed by atoms with Gasteiger partial charge in [0.15, 0.2) is 5.11 Å². The van der Waals surface area contributed by atoms with Crippen LogP contribution in [0, 0.1) is 6.92 Å². The smallest absolute Gasteiger partial charge is 0.171 e. The highest BCUT2D eigenvalue weighted by atomic mass is 32.1. The quantitative estimate of drug-likeness (QED) is 0.787. The van der Waals surface area contributed by atoms with Crippen LogP contribution in [0.15, 0.2) is 42.5 Å². The summed E-state index contributed by atoms with van der Waals surface area (Å²) in [6.45, 7) is 6.23. The Morgan fingerprint density at radius 2 is 1.92 bits per heavy atom. The van der Waals surface area contributed by atoms with E-state index in [0.717, 1.165) is 29.2 Å². The molecule has 132 valence electrons. The van der Waals surface area contributed by atoms with Crippen molar-refractivity contribution in [1.82, 2.24) is 5.32 Å². The molecular weight excluding hydrogens is 332 g/mol. The molecule has 2 aromatic carbocycles. The summed E-state index contributed by atoms with van der Waals surface area (Å²) in [5, 5.41) is 7.29. The van der Waals surface area contributed by atoms with Gasteiger partial charge in [-0.15, -0.1) is 0 Å². The standard InChI is InChI=1S/C20H24N2O2S/c1-13-5-7-14(8-6-13)21-19(25)22-17-12-20(2,3)24-18-11-15(23-4)9-10-16(17)18/h5-11,17H,12H2,1-4H3,(H2,21,22,25). The third-order valence-corrected chi connectivity index (χ3v) is 4.51. The lowest BCUT2D eigenvalue weighted by Gasteiger charge is -2.38. The summed E-state index contributed by atoms with van der Waals surface area (Å²) in [7, 11) is 1.66. The van der Waals surface area contributed by atoms with Crippen molar-refractivity contribution in [2.24, 2.45) is 0 Å². The highest BCUT2D eigenvalue weighted by Crippen LogP contribution is 2.41. The Morgan fingerprint density at radius 3 is 2.60 bits per heavy atom. The van der Waals surface area contributed by atoms with Gasteiger partial charge >= 0.3 is 0 Å². The zero-order valence-electron chi connectivity index (χ0n) is 15.1. The molecule has 5 heteroatoms. The molecule has 3 rings (SSSR count). The Bertz CT molecular complexity index is 772. The second-order valence-electron chi connectivity index (χ2n) is 6.99. The number of hydrogen-bond donors (Lipinski definition) is 2. The van der Waals surface area contributed by atoms with Crippen LogP contribution in [0.4, 0.5) is 5.69 Å². The van der Waals surface area contributed by atoms with Crippen LogP contribution in [0.5, 0.6) is 11.5 Å². The van der Waals surface area contributed by atoms with Gasteiger partial charge in [0.05, 0.1) is 13.2 Å². The van der Waals surface area contributed by atoms with E-state index in [1.54, 1.807) is 7.11 Å². The van der Waals surface area contributed by atoms with Gasteiger partial charge in [0.25, 0.3) is 0 Å². The third-order valence-electron chi connectivity index (χ3n) is 4.29. The highest BCUT2D eigenvalue weighted by molar-refractivity contribution is 7.80. The van der Waals surface area contributed by atoms with Crippen molar-refractivity contribution >= 4 is 23.0 Å². The average molecular weight is 356 g/mol. The molecular formula is C20H24N2O2S. The van der Waals surface area contributed by atoms with Crippen LogP contribution >= 0.6 is 12.2 Å². The lowest BCUT2D eigenvalue weighted by atomic mass is 9.89. The van der Waals surface area contributed by atoms with Crippen molar-refractivity contribution in [3.63, 3.8) is 0 Å². The van der Waals surface area contributed by atoms with E-state index in [1.807, 2.05) is 30.3 Å². The van der Waals surface area contributed by atoms with Gasteiger partial charge in [-0.25, -0.2) is 0 Å². The molecule has 0 saturated carbocycles. The number of rotatable bonds is 3. The molecule has 25 heavy (non-hydrogen) atoms. The Hall–Kier alpha value is -2.27. The highest BCUT2D eigenvalue weighted by Gasteiger charge is 2.34. The summed E-state index contributed by atoms with van der Waals surface area (Å²) >= 11 is 5.51. The molecule has 1 aliphatic heterocycles. The van der Waals surface area contributed by atoms with Crippen molar-refractivity contribution in [3.8, 4) is 11.5 Å². The van der Waals surface area contributed by atoms with Crippen LogP contribution in [-0.4, -0.2) is 17.8 Å². The van der Waals surface area contributed by atoms with E-state index >= 15 is 0 Å². The molecule has 0 aromatic heterocycles. The molecule has 1 heterocycles. The van der Waals surface area contributed by atoms with Gasteiger partial charge in [0.1, 0.15) is 17.1 Å². The van der Waals surface area contributed by atoms with Gasteiger partial charge in [-0.3, -0.25) is 0 Å². The van der Waals surface area contributed by atoms with Gasteiger partial charge in [-0.05, 0) is 57.3 Å². The summed E-state index contributed by atoms with van der Waals surface area (Å²) in [4.78, 5) is 0. The molecule has 0 radical (unpaired) electrons. The van der Waals surface area contributed by atoms with E-state index in [0.29, 0.717) is 5.11 Å². The number of aryl methyl sites for hydroxylation is 1. The van der Waals surface area contributed by atoms with Gasteiger partial charge in [-0.2, -0.15) is 0 Å². The first-order chi connectivity index (χ1) is 11.9. The summed E-state index contributed by atoms with van der Waals surface area (Å²) in [6.07, 6.45) is 0.821. The number of anilines is 1. The third kappa shape index (κ3) is 4.23. The molecule has 1 unspecified atom stereocenters. The topological polar surface area (TPSA) is 42.5 Å². The molecule has 0 fully saturated rings. The van der Waals surface area contributed by atoms with Gasteiger partial charge < -0.3 is 20.1 Å². The molecule has 2 N–H and O–H groups in total. The minimum absolute atomic E-state index is 0.0788. The first kappa shape index (κ1) is 17.5. The zero-order chi connectivity index (χ0) is 18.0. The van der Waals surface area contributed by atoms with Crippen molar-refractivity contribution in [1.29, 1.82) is 0 Å². The lowest BCUT2D eigenvalue weighted by Crippen LogP contribution is -2.42. The summed E-state index contributed by atoms with van der Waals surface area (Å²) in [6, 6.07) is 14.2. The largest absolute Gasteiger partial charge is 0.497 e. The second kappa shape index (κ2) is 6.92. The molecule has 2 aromatic rings. The Kier molecular flexibility index (Phi) is 4.86. The predicted molar refractivity (Wildman–Crippen MR) is 106 cm³/mol. The molecule has 0 bridgehead atoms. The number of ether oxygens (including phenoxy) is 2. The number of hydrogen-bond acceptors (Lipinski definition) is 3. The van der Waals surface area contributed by atoms with E-state index < -0.39 is 0 Å². The lowest BCUT2D eigenvalue weighted by molar-refractivity contribution is 0.0693. The van der Waals surface area contributed by atoms with E-state index in [4.69, 9.17) is 21.7 Å². The number of nitrogens with one attached hydrogen (secondary N) is 2. The van der Waals surface area contributed by atoms with Crippen molar-refractivity contribution in [2.75, 3.05) is 12.4 Å². The molecule has 0 amide bonds. The van der Waals surface area contributed by atoms with Crippen LogP contribution in [0.3, 0.4) is 0 Å². The molecule has 0 saturated heterocycles. The summed E-state index contributed by atoms with van der Waals surface area (Å²) in [5.74, 6) is 1.63. The molecule has 1 atom stereocenters. The first-order valence-corrected chi connectivity index (χ1v) is 8.78. The van der Waals surface area contributed by atoms with Crippen molar-refractivity contribution in [3.05, 3.63) is 53.6 Å². The Labute approximate surface area is 154 Å². The van der Waals surface area contributed by atoms with Crippen molar-refractivity contribution < 1.29 is 9.47 Å². The number of fused-ring (bicyclic) bond motifs is 1. The number of methoxy groups -OCH3 is 1. The van der Waals surface area contributed by atoms with E-state index in [1.165, 1.54) is 5.56 Å². The van der Waals surface area contributed by atoms with Gasteiger partial charge in [0.2, 0.25) is 0 Å². The van der Waals surface area contributed by atoms with Crippen molar-refractivity contribution in [2.45, 2.75) is 38.8 Å². The fourth-order valence-corrected chi connectivity index (χ4v) is 3.31. The number of thiocarbonyl (C=S) groups is 1. The maximum absolute atomic E-state index is 6.12. The van der Waals surface area contributed by atoms with Crippen LogP contribution in [0.25, 0.3) is 0 Å². The van der Waals surface area contributed by atoms with Crippen LogP contribution in [-0.2, 0) is 0 Å². The number of benzene rings is 2. The molecule has 1 aliphatic rings. The van der Waals surface area contributed by atoms with Gasteiger partial charge in [-0.1, -0.05) is 17.7 Å². The van der Waals surface area contributed by atoms with Crippen LogP contribution in [0.1, 0.15) is 37.4 Å². The van der Waals surface area contributed by atoms with Crippen LogP contribution < -0.4 is 20.1 Å².